The number of aryl methyl sites for hydroxylation is 1. The second kappa shape index (κ2) is 9.70. The molecule has 2 aromatic carbocycles. The van der Waals surface area contributed by atoms with Gasteiger partial charge in [-0.1, -0.05) is 6.07 Å². The summed E-state index contributed by atoms with van der Waals surface area (Å²) in [6.45, 7) is 6.97. The number of aliphatic hydroxyl groups is 1. The van der Waals surface area contributed by atoms with Gasteiger partial charge < -0.3 is 29.1 Å². The van der Waals surface area contributed by atoms with Crippen LogP contribution in [-0.2, 0) is 11.2 Å². The standard InChI is InChI=1S/C25H32N2O6/c1-24(2,3)33-23(29)27-25(4,15-28)12-11-16-7-9-21-19(13-16)26-22(32-21)18-14-17(30-5)8-10-20(18)31-6/h7-10,13-14,28H,11-12,15H2,1-6H3,(H,27,29)/t25-/m1/s1. The SMILES string of the molecule is COc1ccc(OC)c(-c2nc3cc(CC[C@](C)(CO)NC(=O)OC(C)(C)C)ccc3o2)c1. The quantitative estimate of drug-likeness (QED) is 0.505. The molecule has 1 heterocycles. The fourth-order valence-corrected chi connectivity index (χ4v) is 3.38. The van der Waals surface area contributed by atoms with E-state index in [0.29, 0.717) is 46.9 Å². The zero-order valence-corrected chi connectivity index (χ0v) is 20.0. The Balaban J connectivity index is 1.77. The molecule has 0 saturated heterocycles. The maximum Gasteiger partial charge on any atom is 0.408 e. The fraction of sp³-hybridized carbons (Fsp3) is 0.440. The minimum absolute atomic E-state index is 0.210. The third kappa shape index (κ3) is 6.16. The van der Waals surface area contributed by atoms with E-state index in [9.17, 15) is 9.90 Å². The van der Waals surface area contributed by atoms with Crippen LogP contribution in [0.4, 0.5) is 4.79 Å². The number of hydrogen-bond acceptors (Lipinski definition) is 7. The van der Waals surface area contributed by atoms with E-state index >= 15 is 0 Å². The molecular weight excluding hydrogens is 424 g/mol. The van der Waals surface area contributed by atoms with Gasteiger partial charge in [0.2, 0.25) is 5.89 Å². The second-order valence-corrected chi connectivity index (χ2v) is 9.23. The third-order valence-corrected chi connectivity index (χ3v) is 5.21. The van der Waals surface area contributed by atoms with Crippen LogP contribution in [0.1, 0.15) is 39.7 Å². The fourth-order valence-electron chi connectivity index (χ4n) is 3.38. The van der Waals surface area contributed by atoms with Gasteiger partial charge in [-0.15, -0.1) is 0 Å². The number of aliphatic hydroxyl groups excluding tert-OH is 1. The molecule has 8 nitrogen and oxygen atoms in total. The molecule has 0 saturated carbocycles. The highest BCUT2D eigenvalue weighted by Crippen LogP contribution is 2.35. The van der Waals surface area contributed by atoms with Crippen molar-refractivity contribution in [3.63, 3.8) is 0 Å². The molecule has 3 rings (SSSR count). The first-order chi connectivity index (χ1) is 15.6. The van der Waals surface area contributed by atoms with Crippen LogP contribution in [0.5, 0.6) is 11.5 Å². The number of nitrogens with zero attached hydrogens (tertiary/aromatic N) is 1. The van der Waals surface area contributed by atoms with Crippen LogP contribution in [0, 0.1) is 0 Å². The number of aromatic nitrogens is 1. The van der Waals surface area contributed by atoms with Gasteiger partial charge in [0.1, 0.15) is 22.6 Å². The largest absolute Gasteiger partial charge is 0.497 e. The molecule has 8 heteroatoms. The van der Waals surface area contributed by atoms with E-state index in [-0.39, 0.29) is 6.61 Å². The van der Waals surface area contributed by atoms with Crippen molar-refractivity contribution in [1.29, 1.82) is 0 Å². The molecule has 0 aliphatic carbocycles. The average molecular weight is 457 g/mol. The Morgan fingerprint density at radius 1 is 1.09 bits per heavy atom. The number of carbonyl (C=O) groups excluding carboxylic acids is 1. The lowest BCUT2D eigenvalue weighted by Gasteiger charge is -2.30. The Morgan fingerprint density at radius 3 is 2.48 bits per heavy atom. The van der Waals surface area contributed by atoms with Gasteiger partial charge in [-0.05, 0) is 76.4 Å². The summed E-state index contributed by atoms with van der Waals surface area (Å²) in [5.74, 6) is 1.74. The molecular formula is C25H32N2O6. The monoisotopic (exact) mass is 456 g/mol. The van der Waals surface area contributed by atoms with Crippen LogP contribution < -0.4 is 14.8 Å². The molecule has 2 N–H and O–H groups in total. The Labute approximate surface area is 193 Å². The maximum absolute atomic E-state index is 12.2. The summed E-state index contributed by atoms with van der Waals surface area (Å²) in [5, 5.41) is 12.7. The predicted molar refractivity (Wildman–Crippen MR) is 126 cm³/mol. The van der Waals surface area contributed by atoms with E-state index in [0.717, 1.165) is 5.56 Å². The van der Waals surface area contributed by atoms with E-state index in [2.05, 4.69) is 10.3 Å². The van der Waals surface area contributed by atoms with Crippen LogP contribution in [0.15, 0.2) is 40.8 Å². The lowest BCUT2D eigenvalue weighted by Crippen LogP contribution is -2.50. The smallest absolute Gasteiger partial charge is 0.408 e. The summed E-state index contributed by atoms with van der Waals surface area (Å²) >= 11 is 0. The van der Waals surface area contributed by atoms with Crippen LogP contribution in [0.25, 0.3) is 22.6 Å². The lowest BCUT2D eigenvalue weighted by atomic mass is 9.94. The van der Waals surface area contributed by atoms with Gasteiger partial charge in [0.25, 0.3) is 0 Å². The first-order valence-electron chi connectivity index (χ1n) is 10.8. The van der Waals surface area contributed by atoms with Crippen molar-refractivity contribution in [2.75, 3.05) is 20.8 Å². The summed E-state index contributed by atoms with van der Waals surface area (Å²) in [7, 11) is 3.19. The molecule has 0 aliphatic rings. The van der Waals surface area contributed by atoms with E-state index in [1.807, 2.05) is 36.4 Å². The number of oxazole rings is 1. The normalized spacial score (nSPS) is 13.4. The van der Waals surface area contributed by atoms with Crippen molar-refractivity contribution in [3.8, 4) is 23.0 Å². The lowest BCUT2D eigenvalue weighted by molar-refractivity contribution is 0.0407. The molecule has 1 amide bonds. The molecule has 3 aromatic rings. The Hall–Kier alpha value is -3.26. The number of methoxy groups -OCH3 is 2. The summed E-state index contributed by atoms with van der Waals surface area (Å²) in [6.07, 6.45) is 0.582. The van der Waals surface area contributed by atoms with E-state index in [4.69, 9.17) is 18.6 Å². The van der Waals surface area contributed by atoms with Gasteiger partial charge in [0.15, 0.2) is 5.58 Å². The van der Waals surface area contributed by atoms with Gasteiger partial charge in [-0.2, -0.15) is 0 Å². The Bertz CT molecular complexity index is 1120. The van der Waals surface area contributed by atoms with Crippen LogP contribution >= 0.6 is 0 Å². The van der Waals surface area contributed by atoms with Gasteiger partial charge in [-0.25, -0.2) is 9.78 Å². The number of nitrogens with one attached hydrogen (secondary N) is 1. The molecule has 0 spiro atoms. The number of benzene rings is 2. The zero-order chi connectivity index (χ0) is 24.2. The Morgan fingerprint density at radius 2 is 1.85 bits per heavy atom. The van der Waals surface area contributed by atoms with Gasteiger partial charge >= 0.3 is 6.09 Å². The van der Waals surface area contributed by atoms with Crippen molar-refractivity contribution in [2.45, 2.75) is 51.7 Å². The van der Waals surface area contributed by atoms with Gasteiger partial charge in [0.05, 0.1) is 31.9 Å². The average Bonchev–Trinajstić information content (AvgIpc) is 3.19. The molecule has 0 aliphatic heterocycles. The number of fused-ring (bicyclic) bond motifs is 1. The molecule has 0 radical (unpaired) electrons. The van der Waals surface area contributed by atoms with Crippen molar-refractivity contribution in [1.82, 2.24) is 10.3 Å². The molecule has 1 aromatic heterocycles. The minimum atomic E-state index is -0.819. The molecule has 0 bridgehead atoms. The van der Waals surface area contributed by atoms with Crippen molar-refractivity contribution < 1.29 is 28.5 Å². The highest BCUT2D eigenvalue weighted by molar-refractivity contribution is 5.78. The summed E-state index contributed by atoms with van der Waals surface area (Å²) in [4.78, 5) is 16.8. The molecule has 1 atom stereocenters. The van der Waals surface area contributed by atoms with E-state index < -0.39 is 17.2 Å². The van der Waals surface area contributed by atoms with Crippen molar-refractivity contribution in [2.24, 2.45) is 0 Å². The number of ether oxygens (including phenoxy) is 3. The van der Waals surface area contributed by atoms with Gasteiger partial charge in [-0.3, -0.25) is 0 Å². The van der Waals surface area contributed by atoms with E-state index in [1.165, 1.54) is 0 Å². The number of amides is 1. The molecule has 178 valence electrons. The number of carbonyl (C=O) groups is 1. The van der Waals surface area contributed by atoms with Crippen LogP contribution in [0.3, 0.4) is 0 Å². The summed E-state index contributed by atoms with van der Waals surface area (Å²) < 4.78 is 22.0. The second-order valence-electron chi connectivity index (χ2n) is 9.23. The minimum Gasteiger partial charge on any atom is -0.497 e. The molecule has 33 heavy (non-hydrogen) atoms. The topological polar surface area (TPSA) is 103 Å². The molecule has 0 unspecified atom stereocenters. The van der Waals surface area contributed by atoms with E-state index in [1.54, 1.807) is 41.9 Å². The first kappa shape index (κ1) is 24.4. The number of alkyl carbamates (subject to hydrolysis) is 1. The third-order valence-electron chi connectivity index (χ3n) is 5.21. The van der Waals surface area contributed by atoms with Crippen LogP contribution in [0.2, 0.25) is 0 Å². The number of hydrogen-bond donors (Lipinski definition) is 2. The number of rotatable bonds is 8. The highest BCUT2D eigenvalue weighted by atomic mass is 16.6. The summed E-state index contributed by atoms with van der Waals surface area (Å²) in [5.41, 5.74) is 1.63. The zero-order valence-electron chi connectivity index (χ0n) is 20.0. The Kier molecular flexibility index (Phi) is 7.17. The highest BCUT2D eigenvalue weighted by Gasteiger charge is 2.28. The predicted octanol–water partition coefficient (Wildman–Crippen LogP) is 4.72. The van der Waals surface area contributed by atoms with Crippen molar-refractivity contribution in [3.05, 3.63) is 42.0 Å². The molecule has 0 fully saturated rings. The summed E-state index contributed by atoms with van der Waals surface area (Å²) in [6, 6.07) is 11.2. The maximum atomic E-state index is 12.2. The first-order valence-corrected chi connectivity index (χ1v) is 10.8. The van der Waals surface area contributed by atoms with Crippen LogP contribution in [-0.4, -0.2) is 48.2 Å². The van der Waals surface area contributed by atoms with Crippen molar-refractivity contribution >= 4 is 17.2 Å². The van der Waals surface area contributed by atoms with Gasteiger partial charge in [0, 0.05) is 0 Å².